The van der Waals surface area contributed by atoms with Gasteiger partial charge in [0, 0.05) is 19.6 Å². The molecule has 0 saturated heterocycles. The minimum Gasteiger partial charge on any atom is -0.395 e. The Hall–Kier alpha value is -0.280. The molecule has 7 nitrogen and oxygen atoms in total. The fourth-order valence-electron chi connectivity index (χ4n) is 0.760. The summed E-state index contributed by atoms with van der Waals surface area (Å²) in [5.74, 6) is 8.00. The Labute approximate surface area is 78.5 Å². The average molecular weight is 198 g/mol. The number of nitrogens with zero attached hydrogens (tertiary/aromatic N) is 1. The van der Waals surface area contributed by atoms with Gasteiger partial charge in [0.1, 0.15) is 0 Å². The maximum absolute atomic E-state index is 8.48. The highest BCUT2D eigenvalue weighted by molar-refractivity contribution is 4.54. The molecule has 13 heavy (non-hydrogen) atoms. The molecule has 84 valence electrons. The van der Waals surface area contributed by atoms with Crippen LogP contribution in [0.2, 0.25) is 0 Å². The van der Waals surface area contributed by atoms with Gasteiger partial charge in [0.05, 0.1) is 19.8 Å². The molecule has 7 heteroatoms. The first kappa shape index (κ1) is 18.5. The molecule has 10 N–H and O–H groups in total. The molecule has 0 aromatic rings. The second-order valence-electron chi connectivity index (χ2n) is 2.01. The molecule has 0 unspecified atom stereocenters. The Kier molecular flexibility index (Phi) is 25.2. The van der Waals surface area contributed by atoms with Crippen LogP contribution in [0.5, 0.6) is 0 Å². The van der Waals surface area contributed by atoms with Crippen LogP contribution in [0.4, 0.5) is 0 Å². The molecule has 0 spiro atoms. The first-order chi connectivity index (χ1) is 5.85. The summed E-state index contributed by atoms with van der Waals surface area (Å²) in [4.78, 5) is 1.79. The van der Waals surface area contributed by atoms with Gasteiger partial charge in [-0.25, -0.2) is 0 Å². The first-order valence-corrected chi connectivity index (χ1v) is 3.73. The minimum atomic E-state index is 0. The molecule has 0 aliphatic carbocycles. The summed E-state index contributed by atoms with van der Waals surface area (Å²) in [5, 5.41) is 25.5. The van der Waals surface area contributed by atoms with Crippen LogP contribution in [0.1, 0.15) is 0 Å². The van der Waals surface area contributed by atoms with E-state index >= 15 is 0 Å². The molecule has 0 heterocycles. The van der Waals surface area contributed by atoms with Crippen LogP contribution in [0.25, 0.3) is 0 Å². The molecule has 0 atom stereocenters. The van der Waals surface area contributed by atoms with Gasteiger partial charge in [-0.3, -0.25) is 16.6 Å². The molecule has 0 fully saturated rings. The van der Waals surface area contributed by atoms with Crippen molar-refractivity contribution < 1.29 is 15.3 Å². The monoisotopic (exact) mass is 198 g/mol. The normalized spacial score (nSPS) is 8.77. The third-order valence-corrected chi connectivity index (χ3v) is 1.25. The molecule has 0 saturated carbocycles. The summed E-state index contributed by atoms with van der Waals surface area (Å²) < 4.78 is 0. The van der Waals surface area contributed by atoms with E-state index in [2.05, 4.69) is 11.7 Å². The van der Waals surface area contributed by atoms with E-state index in [0.29, 0.717) is 19.6 Å². The second-order valence-corrected chi connectivity index (χ2v) is 2.01. The minimum absolute atomic E-state index is 0. The highest BCUT2D eigenvalue weighted by Gasteiger charge is 2.00. The molecule has 0 radical (unpaired) electrons. The van der Waals surface area contributed by atoms with Crippen LogP contribution in [0.15, 0.2) is 0 Å². The Balaban J connectivity index is -0.000000309. The van der Waals surface area contributed by atoms with Crippen LogP contribution in [-0.4, -0.2) is 59.7 Å². The average Bonchev–Trinajstić information content (AvgIpc) is 2.10. The summed E-state index contributed by atoms with van der Waals surface area (Å²) in [6, 6.07) is 0. The quantitative estimate of drug-likeness (QED) is 0.200. The number of hydrogen-bond acceptors (Lipinski definition) is 7. The molecule has 0 bridgehead atoms. The van der Waals surface area contributed by atoms with Gasteiger partial charge >= 0.3 is 0 Å². The lowest BCUT2D eigenvalue weighted by Crippen LogP contribution is -2.32. The third-order valence-electron chi connectivity index (χ3n) is 1.25. The van der Waals surface area contributed by atoms with Crippen LogP contribution < -0.4 is 17.8 Å². The first-order valence-electron chi connectivity index (χ1n) is 3.73. The summed E-state index contributed by atoms with van der Waals surface area (Å²) >= 11 is 0. The largest absolute Gasteiger partial charge is 0.395 e. The number of nitrogens with two attached hydrogens (primary N) is 2. The van der Waals surface area contributed by atoms with E-state index in [1.807, 2.05) is 0 Å². The number of hydrogen-bond donors (Lipinski definition) is 6. The van der Waals surface area contributed by atoms with E-state index in [0.717, 1.165) is 0 Å². The molecule has 0 aliphatic rings. The van der Waals surface area contributed by atoms with Crippen molar-refractivity contribution in [2.45, 2.75) is 0 Å². The van der Waals surface area contributed by atoms with E-state index in [-0.39, 0.29) is 26.0 Å². The molecular weight excluding hydrogens is 176 g/mol. The topological polar surface area (TPSA) is 151 Å². The fraction of sp³-hybridized carbons (Fsp3) is 1.00. The second kappa shape index (κ2) is 17.7. The summed E-state index contributed by atoms with van der Waals surface area (Å²) in [6.45, 7) is 1.75. The lowest BCUT2D eigenvalue weighted by molar-refractivity contribution is 0.136. The molecule has 0 aromatic carbocycles. The van der Waals surface area contributed by atoms with Crippen LogP contribution in [-0.2, 0) is 0 Å². The zero-order chi connectivity index (χ0) is 9.82. The smallest absolute Gasteiger partial charge is 0.0558 e. The van der Waals surface area contributed by atoms with Gasteiger partial charge < -0.3 is 21.5 Å². The van der Waals surface area contributed by atoms with Crippen molar-refractivity contribution in [2.24, 2.45) is 11.7 Å². The van der Waals surface area contributed by atoms with Crippen molar-refractivity contribution in [1.29, 1.82) is 0 Å². The summed E-state index contributed by atoms with van der Waals surface area (Å²) in [6.07, 6.45) is 0. The van der Waals surface area contributed by atoms with Crippen molar-refractivity contribution in [1.82, 2.24) is 11.1 Å². The number of aliphatic hydroxyl groups is 3. The Morgan fingerprint density at radius 3 is 1.15 bits per heavy atom. The highest BCUT2D eigenvalue weighted by atomic mass is 16.3. The van der Waals surface area contributed by atoms with Crippen LogP contribution in [0.3, 0.4) is 0 Å². The number of rotatable bonds is 6. The molecule has 0 aromatic heterocycles. The van der Waals surface area contributed by atoms with Crippen LogP contribution >= 0.6 is 0 Å². The van der Waals surface area contributed by atoms with E-state index in [1.165, 1.54) is 0 Å². The van der Waals surface area contributed by atoms with Gasteiger partial charge in [-0.05, 0) is 0 Å². The van der Waals surface area contributed by atoms with E-state index < -0.39 is 0 Å². The maximum Gasteiger partial charge on any atom is 0.0558 e. The fourth-order valence-corrected chi connectivity index (χ4v) is 0.760. The summed E-state index contributed by atoms with van der Waals surface area (Å²) in [5.41, 5.74) is 0. The van der Waals surface area contributed by atoms with Crippen molar-refractivity contribution >= 4 is 0 Å². The zero-order valence-electron chi connectivity index (χ0n) is 7.89. The highest BCUT2D eigenvalue weighted by Crippen LogP contribution is 1.84. The SMILES string of the molecule is N.NN.OCCN(CCO)CCO. The predicted octanol–water partition coefficient (Wildman–Crippen LogP) is -2.75. The van der Waals surface area contributed by atoms with Crippen molar-refractivity contribution in [3.63, 3.8) is 0 Å². The maximum atomic E-state index is 8.48. The van der Waals surface area contributed by atoms with Crippen molar-refractivity contribution in [3.05, 3.63) is 0 Å². The molecule has 0 amide bonds. The van der Waals surface area contributed by atoms with Crippen molar-refractivity contribution in [3.8, 4) is 0 Å². The van der Waals surface area contributed by atoms with Gasteiger partial charge in [-0.1, -0.05) is 0 Å². The zero-order valence-corrected chi connectivity index (χ0v) is 7.89. The van der Waals surface area contributed by atoms with Gasteiger partial charge in [0.25, 0.3) is 0 Å². The molecular formula is C6H22N4O3. The van der Waals surface area contributed by atoms with E-state index in [9.17, 15) is 0 Å². The van der Waals surface area contributed by atoms with E-state index in [1.54, 1.807) is 4.90 Å². The Morgan fingerprint density at radius 1 is 0.769 bits per heavy atom. The lowest BCUT2D eigenvalue weighted by atomic mass is 10.4. The van der Waals surface area contributed by atoms with Crippen molar-refractivity contribution in [2.75, 3.05) is 39.5 Å². The standard InChI is InChI=1S/C6H15NO3.H4N2.H3N/c8-4-1-7(2-5-9)3-6-10;1-2;/h8-10H,1-6H2;1-2H2;1H3. The van der Waals surface area contributed by atoms with Crippen LogP contribution in [0, 0.1) is 0 Å². The van der Waals surface area contributed by atoms with Gasteiger partial charge in [-0.15, -0.1) is 0 Å². The Morgan fingerprint density at radius 2 is 1.00 bits per heavy atom. The Bertz CT molecular complexity index is 62.6. The van der Waals surface area contributed by atoms with Gasteiger partial charge in [0.15, 0.2) is 0 Å². The third kappa shape index (κ3) is 14.6. The van der Waals surface area contributed by atoms with Gasteiger partial charge in [0.2, 0.25) is 0 Å². The van der Waals surface area contributed by atoms with Gasteiger partial charge in [-0.2, -0.15) is 0 Å². The predicted molar refractivity (Wildman–Crippen MR) is 51.1 cm³/mol. The van der Waals surface area contributed by atoms with E-state index in [4.69, 9.17) is 15.3 Å². The number of aliphatic hydroxyl groups excluding tert-OH is 3. The molecule has 0 aliphatic heterocycles. The lowest BCUT2D eigenvalue weighted by Gasteiger charge is -2.17. The number of hydrazine groups is 1. The summed E-state index contributed by atoms with van der Waals surface area (Å²) in [7, 11) is 0. The molecule has 0 rings (SSSR count).